The summed E-state index contributed by atoms with van der Waals surface area (Å²) in [7, 11) is 0. The molecule has 0 aliphatic heterocycles. The molecule has 7 heteroatoms. The van der Waals surface area contributed by atoms with E-state index in [1.54, 1.807) is 0 Å². The van der Waals surface area contributed by atoms with Crippen LogP contribution in [-0.2, 0) is 17.6 Å². The monoisotopic (exact) mass is 819 g/mol. The van der Waals surface area contributed by atoms with Crippen LogP contribution < -0.4 is 9.47 Å². The van der Waals surface area contributed by atoms with Gasteiger partial charge in [0.2, 0.25) is 0 Å². The molecule has 6 rings (SSSR count). The molecule has 4 atom stereocenters. The molecule has 0 saturated carbocycles. The van der Waals surface area contributed by atoms with Gasteiger partial charge in [-0.05, 0) is 95.2 Å². The Hall–Kier alpha value is -5.40. The first-order valence-corrected chi connectivity index (χ1v) is 22.8. The van der Waals surface area contributed by atoms with Crippen molar-refractivity contribution in [2.24, 2.45) is 11.8 Å². The molecule has 2 aromatic heterocycles. The molecule has 0 amide bonds. The highest BCUT2D eigenvalue weighted by molar-refractivity contribution is 5.57. The van der Waals surface area contributed by atoms with Crippen LogP contribution in [0.2, 0.25) is 0 Å². The maximum absolute atomic E-state index is 7.38. The van der Waals surface area contributed by atoms with Crippen LogP contribution in [0.25, 0.3) is 22.8 Å². The first kappa shape index (κ1) is 45.1. The molecular weight excluding hydrogens is 753 g/mol. The van der Waals surface area contributed by atoms with Crippen LogP contribution in [0.3, 0.4) is 0 Å². The van der Waals surface area contributed by atoms with Crippen molar-refractivity contribution >= 4 is 0 Å². The number of aryl methyl sites for hydroxylation is 2. The van der Waals surface area contributed by atoms with Crippen LogP contribution in [0.5, 0.6) is 11.5 Å². The number of rotatable bonds is 24. The third-order valence-electron chi connectivity index (χ3n) is 11.6. The number of unbranched alkanes of at least 4 members (excludes halogenated alkanes) is 4. The summed E-state index contributed by atoms with van der Waals surface area (Å²) in [5.41, 5.74) is 8.39. The predicted octanol–water partition coefficient (Wildman–Crippen LogP) is 13.8. The van der Waals surface area contributed by atoms with Gasteiger partial charge in [0.1, 0.15) is 23.7 Å². The van der Waals surface area contributed by atoms with Gasteiger partial charge in [0.15, 0.2) is 11.6 Å². The van der Waals surface area contributed by atoms with E-state index in [4.69, 9.17) is 34.1 Å². The smallest absolute Gasteiger partial charge is 0.159 e. The number of benzene rings is 4. The van der Waals surface area contributed by atoms with Gasteiger partial charge in [-0.2, -0.15) is 0 Å². The Labute approximate surface area is 365 Å². The highest BCUT2D eigenvalue weighted by Crippen LogP contribution is 2.38. The lowest BCUT2D eigenvalue weighted by Crippen LogP contribution is -2.14. The van der Waals surface area contributed by atoms with Crippen molar-refractivity contribution in [3.8, 4) is 34.3 Å². The van der Waals surface area contributed by atoms with Crippen molar-refractivity contribution in [3.05, 3.63) is 155 Å². The fourth-order valence-electron chi connectivity index (χ4n) is 7.06. The molecule has 0 saturated heterocycles. The van der Waals surface area contributed by atoms with Gasteiger partial charge in [-0.15, -0.1) is 0 Å². The van der Waals surface area contributed by atoms with E-state index in [0.29, 0.717) is 25.0 Å². The van der Waals surface area contributed by atoms with E-state index >= 15 is 0 Å². The van der Waals surface area contributed by atoms with Crippen LogP contribution in [-0.4, -0.2) is 33.1 Å². The van der Waals surface area contributed by atoms with Gasteiger partial charge in [-0.1, -0.05) is 153 Å². The molecule has 4 unspecified atom stereocenters. The number of aromatic nitrogens is 4. The van der Waals surface area contributed by atoms with E-state index in [2.05, 4.69) is 139 Å². The third-order valence-corrected chi connectivity index (χ3v) is 11.6. The zero-order chi connectivity index (χ0) is 42.8. The van der Waals surface area contributed by atoms with Crippen LogP contribution in [0.15, 0.2) is 122 Å². The molecule has 0 aliphatic rings. The molecule has 320 valence electrons. The Balaban J connectivity index is 1.33. The van der Waals surface area contributed by atoms with Crippen LogP contribution in [0, 0.1) is 11.8 Å². The van der Waals surface area contributed by atoms with Gasteiger partial charge < -0.3 is 14.2 Å². The van der Waals surface area contributed by atoms with Crippen molar-refractivity contribution in [1.29, 1.82) is 0 Å². The Morgan fingerprint density at radius 1 is 0.426 bits per heavy atom. The average molecular weight is 819 g/mol. The molecule has 0 aliphatic carbocycles. The van der Waals surface area contributed by atoms with E-state index in [9.17, 15) is 0 Å². The average Bonchev–Trinajstić information content (AvgIpc) is 3.31. The summed E-state index contributed by atoms with van der Waals surface area (Å²) in [6, 6.07) is 33.7. The van der Waals surface area contributed by atoms with Gasteiger partial charge in [0.25, 0.3) is 0 Å². The van der Waals surface area contributed by atoms with Crippen LogP contribution in [0.1, 0.15) is 138 Å². The molecule has 7 nitrogen and oxygen atoms in total. The van der Waals surface area contributed by atoms with E-state index < -0.39 is 12.2 Å². The second-order valence-corrected chi connectivity index (χ2v) is 16.7. The van der Waals surface area contributed by atoms with Crippen molar-refractivity contribution in [3.63, 3.8) is 0 Å². The Kier molecular flexibility index (Phi) is 17.4. The summed E-state index contributed by atoms with van der Waals surface area (Å²) in [6.45, 7) is 14.6. The molecule has 61 heavy (non-hydrogen) atoms. The zero-order valence-corrected chi connectivity index (χ0v) is 37.4. The summed E-state index contributed by atoms with van der Waals surface area (Å²) in [6.07, 6.45) is 18.3. The molecule has 0 radical (unpaired) electrons. The normalized spacial score (nSPS) is 13.3. The van der Waals surface area contributed by atoms with Gasteiger partial charge in [-0.3, -0.25) is 0 Å². The Morgan fingerprint density at radius 2 is 0.754 bits per heavy atom. The highest BCUT2D eigenvalue weighted by Gasteiger charge is 2.25. The number of hydrogen-bond acceptors (Lipinski definition) is 7. The summed E-state index contributed by atoms with van der Waals surface area (Å²) in [4.78, 5) is 19.0. The molecule has 2 heterocycles. The number of hydrogen-bond donors (Lipinski definition) is 0. The summed E-state index contributed by atoms with van der Waals surface area (Å²) in [5, 5.41) is 0. The van der Waals surface area contributed by atoms with Gasteiger partial charge in [0.05, 0.1) is 13.2 Å². The number of nitrogens with zero attached hydrogens (tertiary/aromatic N) is 4. The number of ether oxygens (including phenoxy) is 3. The third kappa shape index (κ3) is 13.3. The summed E-state index contributed by atoms with van der Waals surface area (Å²) in [5.74, 6) is 4.10. The SMILES string of the molecule is CCCCCc1cnc(-c2ccc(C(OC(c3ccc(OCC(C)CC)cc3)c3ccc(-c4ncc(CCCCC)cn4)cc3)c3ccc(OCC(C)CC)cc3)cc2)nc1. The van der Waals surface area contributed by atoms with Crippen molar-refractivity contribution in [2.45, 2.75) is 118 Å². The lowest BCUT2D eigenvalue weighted by molar-refractivity contribution is 0.0308. The van der Waals surface area contributed by atoms with E-state index in [-0.39, 0.29) is 0 Å². The summed E-state index contributed by atoms with van der Waals surface area (Å²) < 4.78 is 19.7. The molecule has 0 spiro atoms. The maximum Gasteiger partial charge on any atom is 0.159 e. The predicted molar refractivity (Wildman–Crippen MR) is 249 cm³/mol. The van der Waals surface area contributed by atoms with Gasteiger partial charge in [-0.25, -0.2) is 19.9 Å². The molecular formula is C54H66N4O3. The molecule has 6 aromatic rings. The largest absolute Gasteiger partial charge is 0.493 e. The lowest BCUT2D eigenvalue weighted by Gasteiger charge is -2.27. The minimum atomic E-state index is -0.408. The van der Waals surface area contributed by atoms with Gasteiger partial charge in [0, 0.05) is 35.9 Å². The van der Waals surface area contributed by atoms with Crippen molar-refractivity contribution in [2.75, 3.05) is 13.2 Å². The topological polar surface area (TPSA) is 79.2 Å². The minimum absolute atomic E-state index is 0.408. The van der Waals surface area contributed by atoms with E-state index in [1.807, 2.05) is 24.8 Å². The standard InChI is InChI=1S/C54H66N4O3/c1-7-11-13-15-41-33-55-53(56-34-41)47-21-17-43(18-22-47)51(45-25-29-49(30-26-45)59-37-39(5)9-3)61-52(46-27-31-50(32-28-46)60-38-40(6)10-4)44-19-23-48(24-20-44)54-57-35-42(36-58-54)16-14-12-8-2/h17-36,39-40,51-52H,7-16,37-38H2,1-6H3. The van der Waals surface area contributed by atoms with Crippen molar-refractivity contribution in [1.82, 2.24) is 19.9 Å². The van der Waals surface area contributed by atoms with E-state index in [0.717, 1.165) is 95.1 Å². The van der Waals surface area contributed by atoms with E-state index in [1.165, 1.54) is 36.8 Å². The second-order valence-electron chi connectivity index (χ2n) is 16.7. The van der Waals surface area contributed by atoms with Gasteiger partial charge >= 0.3 is 0 Å². The minimum Gasteiger partial charge on any atom is -0.493 e. The molecule has 4 aromatic carbocycles. The molecule has 0 bridgehead atoms. The molecule has 0 fully saturated rings. The lowest BCUT2D eigenvalue weighted by atomic mass is 9.96. The second kappa shape index (κ2) is 23.6. The van der Waals surface area contributed by atoms with Crippen LogP contribution in [0.4, 0.5) is 0 Å². The maximum atomic E-state index is 7.38. The first-order valence-electron chi connectivity index (χ1n) is 22.8. The molecule has 0 N–H and O–H groups in total. The van der Waals surface area contributed by atoms with Crippen LogP contribution >= 0.6 is 0 Å². The summed E-state index contributed by atoms with van der Waals surface area (Å²) >= 11 is 0. The fourth-order valence-corrected chi connectivity index (χ4v) is 7.06. The Bertz CT molecular complexity index is 1980. The quantitative estimate of drug-likeness (QED) is 0.0563. The van der Waals surface area contributed by atoms with Crippen molar-refractivity contribution < 1.29 is 14.2 Å². The fraction of sp³-hybridized carbons (Fsp3) is 0.407. The Morgan fingerprint density at radius 3 is 1.07 bits per heavy atom. The highest BCUT2D eigenvalue weighted by atomic mass is 16.5. The zero-order valence-electron chi connectivity index (χ0n) is 37.4. The first-order chi connectivity index (χ1) is 29.9.